The number of benzene rings is 4. The van der Waals surface area contributed by atoms with Crippen LogP contribution in [0.1, 0.15) is 22.3 Å². The van der Waals surface area contributed by atoms with E-state index in [1.165, 1.54) is 0 Å². The van der Waals surface area contributed by atoms with Crippen molar-refractivity contribution in [3.63, 3.8) is 0 Å². The predicted octanol–water partition coefficient (Wildman–Crippen LogP) is 5.27. The quantitative estimate of drug-likeness (QED) is 0.438. The van der Waals surface area contributed by atoms with Gasteiger partial charge in [-0.25, -0.2) is 8.42 Å². The lowest BCUT2D eigenvalue weighted by Crippen LogP contribution is -2.47. The largest absolute Gasteiger partial charge is 0.241 e. The Bertz CT molecular complexity index is 1110. The predicted molar refractivity (Wildman–Crippen MR) is 121 cm³/mol. The summed E-state index contributed by atoms with van der Waals surface area (Å²) in [6.45, 7) is 1.94. The number of nitrogens with one attached hydrogen (secondary N) is 1. The molecular formula is C26H23NO2S. The Kier molecular flexibility index (Phi) is 5.53. The van der Waals surface area contributed by atoms with Gasteiger partial charge in [0.25, 0.3) is 0 Å². The summed E-state index contributed by atoms with van der Waals surface area (Å²) >= 11 is 0. The van der Waals surface area contributed by atoms with Gasteiger partial charge in [0.2, 0.25) is 10.0 Å². The van der Waals surface area contributed by atoms with E-state index < -0.39 is 15.6 Å². The molecule has 0 fully saturated rings. The Hall–Kier alpha value is -3.21. The minimum absolute atomic E-state index is 0.236. The van der Waals surface area contributed by atoms with E-state index in [1.807, 2.05) is 110 Å². The Morgan fingerprint density at radius 3 is 1.30 bits per heavy atom. The van der Waals surface area contributed by atoms with Gasteiger partial charge in [0, 0.05) is 0 Å². The van der Waals surface area contributed by atoms with Crippen molar-refractivity contribution in [2.24, 2.45) is 0 Å². The van der Waals surface area contributed by atoms with E-state index >= 15 is 0 Å². The third-order valence-corrected chi connectivity index (χ3v) is 6.71. The molecule has 0 saturated carbocycles. The summed E-state index contributed by atoms with van der Waals surface area (Å²) in [5, 5.41) is 0. The normalized spacial score (nSPS) is 11.9. The standard InChI is InChI=1S/C26H23NO2S/c1-21-17-19-25(20-18-21)30(28,29)27-26(22-11-5-2-6-12-22,23-13-7-3-8-14-23)24-15-9-4-10-16-24/h2-20,27H,1H3. The maximum Gasteiger partial charge on any atom is 0.241 e. The van der Waals surface area contributed by atoms with Crippen LogP contribution in [0.3, 0.4) is 0 Å². The van der Waals surface area contributed by atoms with Crippen molar-refractivity contribution in [2.75, 3.05) is 0 Å². The lowest BCUT2D eigenvalue weighted by Gasteiger charge is -2.36. The zero-order valence-corrected chi connectivity index (χ0v) is 17.5. The highest BCUT2D eigenvalue weighted by atomic mass is 32.2. The number of sulfonamides is 1. The summed E-state index contributed by atoms with van der Waals surface area (Å²) in [7, 11) is -3.83. The van der Waals surface area contributed by atoms with E-state index in [0.29, 0.717) is 0 Å². The summed E-state index contributed by atoms with van der Waals surface area (Å²) in [5.74, 6) is 0. The topological polar surface area (TPSA) is 46.2 Å². The van der Waals surface area contributed by atoms with E-state index in [-0.39, 0.29) is 4.90 Å². The zero-order valence-electron chi connectivity index (χ0n) is 16.7. The average molecular weight is 414 g/mol. The number of rotatable bonds is 6. The highest BCUT2D eigenvalue weighted by molar-refractivity contribution is 7.89. The Morgan fingerprint density at radius 1 is 0.567 bits per heavy atom. The molecule has 4 heteroatoms. The van der Waals surface area contributed by atoms with Crippen LogP contribution >= 0.6 is 0 Å². The molecule has 4 aromatic rings. The van der Waals surface area contributed by atoms with Crippen LogP contribution in [0.15, 0.2) is 120 Å². The summed E-state index contributed by atoms with van der Waals surface area (Å²) in [5.41, 5.74) is 2.47. The first-order valence-electron chi connectivity index (χ1n) is 9.79. The second-order valence-corrected chi connectivity index (χ2v) is 8.95. The molecule has 0 aromatic heterocycles. The van der Waals surface area contributed by atoms with Crippen molar-refractivity contribution in [1.29, 1.82) is 0 Å². The fourth-order valence-electron chi connectivity index (χ4n) is 3.72. The first-order valence-corrected chi connectivity index (χ1v) is 11.3. The molecule has 0 heterocycles. The highest BCUT2D eigenvalue weighted by Crippen LogP contribution is 2.38. The van der Waals surface area contributed by atoms with Crippen LogP contribution in [0.4, 0.5) is 0 Å². The minimum Gasteiger partial charge on any atom is -0.207 e. The van der Waals surface area contributed by atoms with Gasteiger partial charge >= 0.3 is 0 Å². The molecule has 3 nitrogen and oxygen atoms in total. The first-order chi connectivity index (χ1) is 14.5. The maximum absolute atomic E-state index is 13.6. The Balaban J connectivity index is 1.99. The fraction of sp³-hybridized carbons (Fsp3) is 0.0769. The number of aryl methyl sites for hydroxylation is 1. The van der Waals surface area contributed by atoms with Gasteiger partial charge in [-0.15, -0.1) is 0 Å². The van der Waals surface area contributed by atoms with Crippen LogP contribution in [0.5, 0.6) is 0 Å². The zero-order chi connectivity index (χ0) is 21.0. The van der Waals surface area contributed by atoms with Gasteiger partial charge < -0.3 is 0 Å². The Labute approximate surface area is 178 Å². The lowest BCUT2D eigenvalue weighted by molar-refractivity contribution is 0.527. The second-order valence-electron chi connectivity index (χ2n) is 7.27. The third-order valence-electron chi connectivity index (χ3n) is 5.24. The number of hydrogen-bond donors (Lipinski definition) is 1. The lowest BCUT2D eigenvalue weighted by atomic mass is 9.78. The van der Waals surface area contributed by atoms with Crippen LogP contribution < -0.4 is 4.72 Å². The van der Waals surface area contributed by atoms with E-state index in [4.69, 9.17) is 0 Å². The molecule has 1 N–H and O–H groups in total. The summed E-state index contributed by atoms with van der Waals surface area (Å²) < 4.78 is 30.2. The molecule has 0 atom stereocenters. The third kappa shape index (κ3) is 3.80. The van der Waals surface area contributed by atoms with Gasteiger partial charge in [0.1, 0.15) is 5.54 Å². The molecule has 30 heavy (non-hydrogen) atoms. The number of hydrogen-bond acceptors (Lipinski definition) is 2. The van der Waals surface area contributed by atoms with Crippen molar-refractivity contribution in [3.8, 4) is 0 Å². The molecule has 0 aliphatic carbocycles. The van der Waals surface area contributed by atoms with E-state index in [1.54, 1.807) is 12.1 Å². The fourth-order valence-corrected chi connectivity index (χ4v) is 5.09. The van der Waals surface area contributed by atoms with Crippen LogP contribution in [-0.4, -0.2) is 8.42 Å². The van der Waals surface area contributed by atoms with E-state index in [2.05, 4.69) is 4.72 Å². The second kappa shape index (κ2) is 8.27. The van der Waals surface area contributed by atoms with Gasteiger partial charge in [0.15, 0.2) is 0 Å². The van der Waals surface area contributed by atoms with E-state index in [0.717, 1.165) is 22.3 Å². The molecule has 4 rings (SSSR count). The van der Waals surface area contributed by atoms with E-state index in [9.17, 15) is 8.42 Å². The minimum atomic E-state index is -3.83. The summed E-state index contributed by atoms with van der Waals surface area (Å²) in [6, 6.07) is 36.0. The van der Waals surface area contributed by atoms with Crippen LogP contribution in [0.25, 0.3) is 0 Å². The van der Waals surface area contributed by atoms with Crippen LogP contribution in [0.2, 0.25) is 0 Å². The highest BCUT2D eigenvalue weighted by Gasteiger charge is 2.40. The van der Waals surface area contributed by atoms with Gasteiger partial charge in [-0.05, 0) is 35.7 Å². The van der Waals surface area contributed by atoms with Gasteiger partial charge in [-0.2, -0.15) is 4.72 Å². The molecular weight excluding hydrogens is 390 g/mol. The monoisotopic (exact) mass is 413 g/mol. The molecule has 0 saturated heterocycles. The van der Waals surface area contributed by atoms with Crippen LogP contribution in [0, 0.1) is 6.92 Å². The molecule has 0 unspecified atom stereocenters. The van der Waals surface area contributed by atoms with Gasteiger partial charge in [-0.1, -0.05) is 109 Å². The van der Waals surface area contributed by atoms with Gasteiger partial charge in [-0.3, -0.25) is 0 Å². The molecule has 4 aromatic carbocycles. The molecule has 0 bridgehead atoms. The van der Waals surface area contributed by atoms with Crippen molar-refractivity contribution in [1.82, 2.24) is 4.72 Å². The smallest absolute Gasteiger partial charge is 0.207 e. The first kappa shape index (κ1) is 20.1. The van der Waals surface area contributed by atoms with Crippen molar-refractivity contribution in [3.05, 3.63) is 138 Å². The summed E-state index contributed by atoms with van der Waals surface area (Å²) in [4.78, 5) is 0.236. The Morgan fingerprint density at radius 2 is 0.933 bits per heavy atom. The molecule has 0 radical (unpaired) electrons. The maximum atomic E-state index is 13.6. The summed E-state index contributed by atoms with van der Waals surface area (Å²) in [6.07, 6.45) is 0. The average Bonchev–Trinajstić information content (AvgIpc) is 2.79. The van der Waals surface area contributed by atoms with Crippen molar-refractivity contribution < 1.29 is 8.42 Å². The molecule has 0 aliphatic heterocycles. The van der Waals surface area contributed by atoms with Crippen molar-refractivity contribution >= 4 is 10.0 Å². The SMILES string of the molecule is Cc1ccc(S(=O)(=O)NC(c2ccccc2)(c2ccccc2)c2ccccc2)cc1. The van der Waals surface area contributed by atoms with Crippen molar-refractivity contribution in [2.45, 2.75) is 17.4 Å². The molecule has 0 spiro atoms. The van der Waals surface area contributed by atoms with Gasteiger partial charge in [0.05, 0.1) is 4.90 Å². The van der Waals surface area contributed by atoms with Crippen LogP contribution in [-0.2, 0) is 15.6 Å². The molecule has 150 valence electrons. The molecule has 0 amide bonds. The molecule has 0 aliphatic rings.